The maximum absolute atomic E-state index is 12.8. The number of benzene rings is 2. The topological polar surface area (TPSA) is 54.5 Å². The summed E-state index contributed by atoms with van der Waals surface area (Å²) in [5.74, 6) is 0.753. The van der Waals surface area contributed by atoms with Crippen molar-refractivity contribution in [2.45, 2.75) is 19.1 Å². The maximum atomic E-state index is 12.8. The third-order valence-corrected chi connectivity index (χ3v) is 4.66. The number of pyridine rings is 1. The molecule has 0 N–H and O–H groups in total. The van der Waals surface area contributed by atoms with Crippen LogP contribution < -0.4 is 0 Å². The van der Waals surface area contributed by atoms with Crippen molar-refractivity contribution in [1.82, 2.24) is 14.5 Å². The molecule has 0 amide bonds. The summed E-state index contributed by atoms with van der Waals surface area (Å²) in [6.45, 7) is 0.352. The first-order valence-electron chi connectivity index (χ1n) is 8.89. The molecule has 144 valence electrons. The Bertz CT molecular complexity index is 1190. The van der Waals surface area contributed by atoms with E-state index in [1.165, 1.54) is 12.1 Å². The summed E-state index contributed by atoms with van der Waals surface area (Å²) >= 11 is 0. The smallest absolute Gasteiger partial charge is 0.322 e. The molecule has 0 spiro atoms. The van der Waals surface area contributed by atoms with Crippen molar-refractivity contribution in [2.24, 2.45) is 0 Å². The molecule has 0 aliphatic heterocycles. The van der Waals surface area contributed by atoms with Gasteiger partial charge < -0.3 is 4.57 Å². The zero-order valence-corrected chi connectivity index (χ0v) is 15.2. The second-order valence-corrected chi connectivity index (χ2v) is 6.64. The summed E-state index contributed by atoms with van der Waals surface area (Å²) < 4.78 is 40.4. The quantitative estimate of drug-likeness (QED) is 0.493. The van der Waals surface area contributed by atoms with E-state index in [-0.39, 0.29) is 5.69 Å². The Hall–Kier alpha value is -3.66. The lowest BCUT2D eigenvalue weighted by Crippen LogP contribution is -2.08. The first-order valence-corrected chi connectivity index (χ1v) is 8.89. The third kappa shape index (κ3) is 3.97. The first kappa shape index (κ1) is 18.7. The molecule has 0 aliphatic carbocycles. The van der Waals surface area contributed by atoms with Gasteiger partial charge in [0.25, 0.3) is 0 Å². The molecule has 0 fully saturated rings. The Morgan fingerprint density at radius 3 is 2.34 bits per heavy atom. The number of nitrogens with zero attached hydrogens (tertiary/aromatic N) is 4. The number of nitriles is 1. The molecule has 4 rings (SSSR count). The number of hydrogen-bond acceptors (Lipinski definition) is 3. The van der Waals surface area contributed by atoms with Gasteiger partial charge in [0.2, 0.25) is 0 Å². The molecule has 2 aromatic carbocycles. The SMILES string of the molecule is N#Cc1cc2nc(Cc3ccccc3)n(Cc3ccc(C(F)(F)F)cc3)c2cn1. The van der Waals surface area contributed by atoms with Gasteiger partial charge in [-0.15, -0.1) is 0 Å². The Morgan fingerprint density at radius 1 is 0.966 bits per heavy atom. The molecule has 0 atom stereocenters. The van der Waals surface area contributed by atoms with E-state index in [1.54, 1.807) is 12.3 Å². The molecular weight excluding hydrogens is 377 g/mol. The summed E-state index contributed by atoms with van der Waals surface area (Å²) in [5.41, 5.74) is 2.73. The van der Waals surface area contributed by atoms with Gasteiger partial charge in [0.15, 0.2) is 0 Å². The second-order valence-electron chi connectivity index (χ2n) is 6.64. The summed E-state index contributed by atoms with van der Waals surface area (Å²) in [7, 11) is 0. The minimum Gasteiger partial charge on any atom is -0.322 e. The van der Waals surface area contributed by atoms with E-state index in [2.05, 4.69) is 9.97 Å². The predicted octanol–water partition coefficient (Wildman–Crippen LogP) is 4.96. The molecule has 4 nitrogen and oxygen atoms in total. The number of imidazole rings is 1. The highest BCUT2D eigenvalue weighted by Gasteiger charge is 2.30. The van der Waals surface area contributed by atoms with Crippen LogP contribution in [0.15, 0.2) is 66.9 Å². The summed E-state index contributed by atoms with van der Waals surface area (Å²) in [5, 5.41) is 9.10. The average Bonchev–Trinajstić information content (AvgIpc) is 3.04. The molecule has 0 unspecified atom stereocenters. The number of fused-ring (bicyclic) bond motifs is 1. The molecule has 0 saturated heterocycles. The van der Waals surface area contributed by atoms with Crippen LogP contribution in [0.25, 0.3) is 11.0 Å². The number of halogens is 3. The van der Waals surface area contributed by atoms with Gasteiger partial charge in [0.1, 0.15) is 17.6 Å². The van der Waals surface area contributed by atoms with Crippen LogP contribution in [0.1, 0.15) is 28.2 Å². The molecule has 4 aromatic rings. The minimum atomic E-state index is -4.36. The molecule has 0 radical (unpaired) electrons. The lowest BCUT2D eigenvalue weighted by atomic mass is 10.1. The van der Waals surface area contributed by atoms with E-state index in [0.29, 0.717) is 18.5 Å². The van der Waals surface area contributed by atoms with E-state index in [1.807, 2.05) is 41.0 Å². The van der Waals surface area contributed by atoms with Crippen molar-refractivity contribution < 1.29 is 13.2 Å². The largest absolute Gasteiger partial charge is 0.416 e. The van der Waals surface area contributed by atoms with Crippen molar-refractivity contribution in [1.29, 1.82) is 5.26 Å². The fourth-order valence-corrected chi connectivity index (χ4v) is 3.21. The maximum Gasteiger partial charge on any atom is 0.416 e. The standard InChI is InChI=1S/C22H15F3N4/c23-22(24,25)17-8-6-16(7-9-17)14-29-20-13-27-18(12-26)11-19(20)28-21(29)10-15-4-2-1-3-5-15/h1-9,11,13H,10,14H2. The van der Waals surface area contributed by atoms with Crippen molar-refractivity contribution in [3.63, 3.8) is 0 Å². The predicted molar refractivity (Wildman–Crippen MR) is 102 cm³/mol. The van der Waals surface area contributed by atoms with Gasteiger partial charge >= 0.3 is 6.18 Å². The summed E-state index contributed by atoms with van der Waals surface area (Å²) in [6.07, 6.45) is -2.23. The zero-order valence-electron chi connectivity index (χ0n) is 15.2. The van der Waals surface area contributed by atoms with Crippen LogP contribution in [0.4, 0.5) is 13.2 Å². The van der Waals surface area contributed by atoms with E-state index < -0.39 is 11.7 Å². The van der Waals surface area contributed by atoms with Crippen LogP contribution in [0, 0.1) is 11.3 Å². The van der Waals surface area contributed by atoms with Gasteiger partial charge in [-0.2, -0.15) is 18.4 Å². The molecular formula is C22H15F3N4. The van der Waals surface area contributed by atoms with Crippen LogP contribution in [0.2, 0.25) is 0 Å². The molecule has 2 heterocycles. The number of alkyl halides is 3. The average molecular weight is 392 g/mol. The molecule has 29 heavy (non-hydrogen) atoms. The lowest BCUT2D eigenvalue weighted by molar-refractivity contribution is -0.137. The van der Waals surface area contributed by atoms with Crippen LogP contribution in [-0.4, -0.2) is 14.5 Å². The van der Waals surface area contributed by atoms with Gasteiger partial charge in [0, 0.05) is 19.0 Å². The Balaban J connectivity index is 1.74. The highest BCUT2D eigenvalue weighted by molar-refractivity contribution is 5.76. The van der Waals surface area contributed by atoms with Gasteiger partial charge in [-0.25, -0.2) is 9.97 Å². The van der Waals surface area contributed by atoms with Crippen molar-refractivity contribution in [2.75, 3.05) is 0 Å². The normalized spacial score (nSPS) is 11.5. The van der Waals surface area contributed by atoms with Gasteiger partial charge in [-0.05, 0) is 23.3 Å². The summed E-state index contributed by atoms with van der Waals surface area (Å²) in [6, 6.07) is 18.5. The van der Waals surface area contributed by atoms with E-state index in [0.717, 1.165) is 34.6 Å². The Kier molecular flexibility index (Phi) is 4.77. The van der Waals surface area contributed by atoms with E-state index in [4.69, 9.17) is 5.26 Å². The van der Waals surface area contributed by atoms with Gasteiger partial charge in [-0.1, -0.05) is 42.5 Å². The van der Waals surface area contributed by atoms with Crippen LogP contribution in [0.3, 0.4) is 0 Å². The highest BCUT2D eigenvalue weighted by atomic mass is 19.4. The van der Waals surface area contributed by atoms with Crippen LogP contribution >= 0.6 is 0 Å². The first-order chi connectivity index (χ1) is 13.9. The monoisotopic (exact) mass is 392 g/mol. The van der Waals surface area contributed by atoms with Crippen LogP contribution in [0.5, 0.6) is 0 Å². The van der Waals surface area contributed by atoms with Crippen molar-refractivity contribution in [3.8, 4) is 6.07 Å². The Morgan fingerprint density at radius 2 is 1.69 bits per heavy atom. The summed E-state index contributed by atoms with van der Waals surface area (Å²) in [4.78, 5) is 8.79. The molecule has 7 heteroatoms. The molecule has 0 aliphatic rings. The van der Waals surface area contributed by atoms with Gasteiger partial charge in [0.05, 0.1) is 22.8 Å². The van der Waals surface area contributed by atoms with Crippen molar-refractivity contribution >= 4 is 11.0 Å². The van der Waals surface area contributed by atoms with Crippen LogP contribution in [-0.2, 0) is 19.1 Å². The van der Waals surface area contributed by atoms with Gasteiger partial charge in [-0.3, -0.25) is 0 Å². The molecule has 0 saturated carbocycles. The van der Waals surface area contributed by atoms with E-state index in [9.17, 15) is 13.2 Å². The fourth-order valence-electron chi connectivity index (χ4n) is 3.21. The fraction of sp³-hybridized carbons (Fsp3) is 0.136. The highest BCUT2D eigenvalue weighted by Crippen LogP contribution is 2.29. The van der Waals surface area contributed by atoms with Crippen molar-refractivity contribution in [3.05, 3.63) is 95.1 Å². The third-order valence-electron chi connectivity index (χ3n) is 4.66. The molecule has 0 bridgehead atoms. The van der Waals surface area contributed by atoms with E-state index >= 15 is 0 Å². The number of rotatable bonds is 4. The number of hydrogen-bond donors (Lipinski definition) is 0. The lowest BCUT2D eigenvalue weighted by Gasteiger charge is -2.11. The Labute approximate surface area is 164 Å². The number of aromatic nitrogens is 3. The second kappa shape index (κ2) is 7.40. The minimum absolute atomic E-state index is 0.267. The molecule has 2 aromatic heterocycles. The zero-order chi connectivity index (χ0) is 20.4.